The first-order valence-electron chi connectivity index (χ1n) is 7.19. The van der Waals surface area contributed by atoms with Crippen molar-refractivity contribution < 1.29 is 14.7 Å². The number of aryl methyl sites for hydroxylation is 2. The second kappa shape index (κ2) is 7.22. The van der Waals surface area contributed by atoms with Gasteiger partial charge in [-0.3, -0.25) is 9.59 Å². The van der Waals surface area contributed by atoms with Crippen LogP contribution in [0.15, 0.2) is 18.2 Å². The molecule has 5 heteroatoms. The fourth-order valence-corrected chi connectivity index (χ4v) is 1.98. The Bertz CT molecular complexity index is 502. The van der Waals surface area contributed by atoms with Gasteiger partial charge in [-0.1, -0.05) is 32.0 Å². The highest BCUT2D eigenvalue weighted by molar-refractivity contribution is 6.40. The number of amides is 2. The summed E-state index contributed by atoms with van der Waals surface area (Å²) < 4.78 is 0. The smallest absolute Gasteiger partial charge is 0.313 e. The van der Waals surface area contributed by atoms with Crippen molar-refractivity contribution in [1.29, 1.82) is 0 Å². The van der Waals surface area contributed by atoms with Crippen molar-refractivity contribution in [2.45, 2.75) is 46.1 Å². The number of hydrogen-bond acceptors (Lipinski definition) is 3. The number of anilines is 1. The molecule has 0 fully saturated rings. The van der Waals surface area contributed by atoms with Crippen molar-refractivity contribution in [2.24, 2.45) is 0 Å². The monoisotopic (exact) mass is 292 g/mol. The summed E-state index contributed by atoms with van der Waals surface area (Å²) in [6.45, 7) is 7.06. The fraction of sp³-hybridized carbons (Fsp3) is 0.500. The highest BCUT2D eigenvalue weighted by Gasteiger charge is 2.24. The summed E-state index contributed by atoms with van der Waals surface area (Å²) in [7, 11) is 0. The molecule has 3 N–H and O–H groups in total. The maximum Gasteiger partial charge on any atom is 0.313 e. The molecule has 0 aliphatic heterocycles. The predicted molar refractivity (Wildman–Crippen MR) is 83.1 cm³/mol. The van der Waals surface area contributed by atoms with Crippen LogP contribution in [0.3, 0.4) is 0 Å². The molecule has 5 nitrogen and oxygen atoms in total. The Hall–Kier alpha value is -1.88. The number of aliphatic hydroxyl groups excluding tert-OH is 1. The second-order valence-corrected chi connectivity index (χ2v) is 5.61. The predicted octanol–water partition coefficient (Wildman–Crippen LogP) is 1.64. The molecule has 0 heterocycles. The molecule has 1 aromatic rings. The Labute approximate surface area is 125 Å². The molecular weight excluding hydrogens is 268 g/mol. The molecule has 116 valence electrons. The van der Waals surface area contributed by atoms with E-state index in [2.05, 4.69) is 10.6 Å². The molecule has 21 heavy (non-hydrogen) atoms. The number of aliphatic hydroxyl groups is 1. The molecule has 0 spiro atoms. The van der Waals surface area contributed by atoms with E-state index in [9.17, 15) is 9.59 Å². The highest BCUT2D eigenvalue weighted by Crippen LogP contribution is 2.22. The van der Waals surface area contributed by atoms with E-state index in [-0.39, 0.29) is 6.61 Å². The van der Waals surface area contributed by atoms with Crippen LogP contribution in [0.1, 0.15) is 38.8 Å². The minimum absolute atomic E-state index is 0.238. The summed E-state index contributed by atoms with van der Waals surface area (Å²) in [4.78, 5) is 23.9. The van der Waals surface area contributed by atoms with Crippen LogP contribution < -0.4 is 10.6 Å². The van der Waals surface area contributed by atoms with E-state index in [0.717, 1.165) is 24.0 Å². The molecular formula is C16H24N2O3. The number of carbonyl (C=O) groups is 2. The van der Waals surface area contributed by atoms with Gasteiger partial charge in [0, 0.05) is 5.69 Å². The zero-order valence-corrected chi connectivity index (χ0v) is 13.1. The fourth-order valence-electron chi connectivity index (χ4n) is 1.98. The second-order valence-electron chi connectivity index (χ2n) is 5.61. The Morgan fingerprint density at radius 2 is 1.62 bits per heavy atom. The molecule has 0 aromatic heterocycles. The lowest BCUT2D eigenvalue weighted by Crippen LogP contribution is -2.50. The van der Waals surface area contributed by atoms with E-state index < -0.39 is 17.4 Å². The van der Waals surface area contributed by atoms with Gasteiger partial charge in [-0.15, -0.1) is 0 Å². The van der Waals surface area contributed by atoms with E-state index >= 15 is 0 Å². The minimum Gasteiger partial charge on any atom is -0.394 e. The first kappa shape index (κ1) is 17.2. The van der Waals surface area contributed by atoms with Gasteiger partial charge in [0.15, 0.2) is 0 Å². The summed E-state index contributed by atoms with van der Waals surface area (Å²) in [5.41, 5.74) is 1.88. The lowest BCUT2D eigenvalue weighted by Gasteiger charge is -2.23. The van der Waals surface area contributed by atoms with E-state index in [0.29, 0.717) is 5.69 Å². The summed E-state index contributed by atoms with van der Waals surface area (Å²) in [5.74, 6) is -1.46. The van der Waals surface area contributed by atoms with Crippen LogP contribution in [-0.2, 0) is 22.4 Å². The molecule has 0 saturated heterocycles. The SMILES string of the molecule is CCc1cccc(CC)c1NC(=O)C(=O)NC(C)(C)CO. The zero-order valence-electron chi connectivity index (χ0n) is 13.1. The largest absolute Gasteiger partial charge is 0.394 e. The molecule has 0 unspecified atom stereocenters. The van der Waals surface area contributed by atoms with Gasteiger partial charge in [-0.05, 0) is 37.8 Å². The summed E-state index contributed by atoms with van der Waals surface area (Å²) in [5, 5.41) is 14.3. The number of rotatable bonds is 5. The average molecular weight is 292 g/mol. The van der Waals surface area contributed by atoms with Crippen molar-refractivity contribution >= 4 is 17.5 Å². The third-order valence-electron chi connectivity index (χ3n) is 3.29. The molecule has 0 atom stereocenters. The number of nitrogens with one attached hydrogen (secondary N) is 2. The van der Waals surface area contributed by atoms with Crippen LogP contribution in [0.25, 0.3) is 0 Å². The molecule has 0 saturated carbocycles. The standard InChI is InChI=1S/C16H24N2O3/c1-5-11-8-7-9-12(6-2)13(11)17-14(20)15(21)18-16(3,4)10-19/h7-9,19H,5-6,10H2,1-4H3,(H,17,20)(H,18,21). The van der Waals surface area contributed by atoms with E-state index in [1.807, 2.05) is 32.0 Å². The van der Waals surface area contributed by atoms with Gasteiger partial charge in [-0.2, -0.15) is 0 Å². The van der Waals surface area contributed by atoms with Crippen molar-refractivity contribution in [3.8, 4) is 0 Å². The number of benzene rings is 1. The highest BCUT2D eigenvalue weighted by atomic mass is 16.3. The zero-order chi connectivity index (χ0) is 16.0. The van der Waals surface area contributed by atoms with Gasteiger partial charge >= 0.3 is 11.8 Å². The lowest BCUT2D eigenvalue weighted by atomic mass is 10.0. The van der Waals surface area contributed by atoms with E-state index in [1.165, 1.54) is 0 Å². The van der Waals surface area contributed by atoms with Crippen LogP contribution in [0, 0.1) is 0 Å². The maximum absolute atomic E-state index is 12.0. The van der Waals surface area contributed by atoms with Gasteiger partial charge < -0.3 is 15.7 Å². The quantitative estimate of drug-likeness (QED) is 0.722. The van der Waals surface area contributed by atoms with E-state index in [4.69, 9.17) is 5.11 Å². The Kier molecular flexibility index (Phi) is 5.90. The van der Waals surface area contributed by atoms with Crippen LogP contribution >= 0.6 is 0 Å². The van der Waals surface area contributed by atoms with Crippen LogP contribution in [0.2, 0.25) is 0 Å². The molecule has 1 aromatic carbocycles. The minimum atomic E-state index is -0.827. The third-order valence-corrected chi connectivity index (χ3v) is 3.29. The molecule has 1 rings (SSSR count). The normalized spacial score (nSPS) is 11.1. The van der Waals surface area contributed by atoms with Crippen molar-refractivity contribution in [2.75, 3.05) is 11.9 Å². The van der Waals surface area contributed by atoms with Crippen molar-refractivity contribution in [1.82, 2.24) is 5.32 Å². The Balaban J connectivity index is 2.91. The van der Waals surface area contributed by atoms with Gasteiger partial charge in [0.1, 0.15) is 0 Å². The number of hydrogen-bond donors (Lipinski definition) is 3. The molecule has 0 bridgehead atoms. The van der Waals surface area contributed by atoms with Gasteiger partial charge in [0.05, 0.1) is 12.1 Å². The van der Waals surface area contributed by atoms with E-state index in [1.54, 1.807) is 13.8 Å². The Morgan fingerprint density at radius 1 is 1.10 bits per heavy atom. The molecule has 0 aliphatic rings. The number of carbonyl (C=O) groups excluding carboxylic acids is 2. The first-order valence-corrected chi connectivity index (χ1v) is 7.19. The van der Waals surface area contributed by atoms with Gasteiger partial charge in [-0.25, -0.2) is 0 Å². The van der Waals surface area contributed by atoms with Crippen LogP contribution in [0.5, 0.6) is 0 Å². The summed E-state index contributed by atoms with van der Waals surface area (Å²) in [6, 6.07) is 5.82. The maximum atomic E-state index is 12.0. The van der Waals surface area contributed by atoms with Crippen molar-refractivity contribution in [3.05, 3.63) is 29.3 Å². The molecule has 2 amide bonds. The molecule has 0 radical (unpaired) electrons. The lowest BCUT2D eigenvalue weighted by molar-refractivity contribution is -0.137. The Morgan fingerprint density at radius 3 is 2.05 bits per heavy atom. The van der Waals surface area contributed by atoms with Gasteiger partial charge in [0.25, 0.3) is 0 Å². The molecule has 0 aliphatic carbocycles. The summed E-state index contributed by atoms with van der Waals surface area (Å²) >= 11 is 0. The topological polar surface area (TPSA) is 78.4 Å². The average Bonchev–Trinajstić information content (AvgIpc) is 2.46. The first-order chi connectivity index (χ1) is 9.84. The number of para-hydroxylation sites is 1. The summed E-state index contributed by atoms with van der Waals surface area (Å²) in [6.07, 6.45) is 1.54. The van der Waals surface area contributed by atoms with Crippen LogP contribution in [-0.4, -0.2) is 29.1 Å². The third kappa shape index (κ3) is 4.56. The van der Waals surface area contributed by atoms with Gasteiger partial charge in [0.2, 0.25) is 0 Å². The van der Waals surface area contributed by atoms with Crippen LogP contribution in [0.4, 0.5) is 5.69 Å². The van der Waals surface area contributed by atoms with Crippen molar-refractivity contribution in [3.63, 3.8) is 0 Å².